The van der Waals surface area contributed by atoms with E-state index in [0.29, 0.717) is 12.2 Å². The third kappa shape index (κ3) is 4.06. The number of hydrogen-bond donors (Lipinski definition) is 1. The number of nitrogens with one attached hydrogen (secondary N) is 1. The first-order valence-corrected chi connectivity index (χ1v) is 12.5. The van der Waals surface area contributed by atoms with E-state index in [4.69, 9.17) is 5.10 Å². The number of carbonyl (C=O) groups is 2. The second-order valence-corrected chi connectivity index (χ2v) is 10.3. The maximum absolute atomic E-state index is 14.0. The third-order valence-electron chi connectivity index (χ3n) is 6.81. The first-order chi connectivity index (χ1) is 16.8. The molecule has 1 aliphatic heterocycles. The first-order valence-electron chi connectivity index (χ1n) is 11.6. The van der Waals surface area contributed by atoms with E-state index in [1.165, 1.54) is 5.56 Å². The number of carbonyl (C=O) groups excluding carboxylic acids is 2. The summed E-state index contributed by atoms with van der Waals surface area (Å²) in [6.07, 6.45) is 0. The van der Waals surface area contributed by atoms with Crippen LogP contribution in [0.4, 0.5) is 5.69 Å². The lowest BCUT2D eigenvalue weighted by molar-refractivity contribution is -0.126. The molecule has 0 spiro atoms. The van der Waals surface area contributed by atoms with Gasteiger partial charge in [0.05, 0.1) is 11.4 Å². The van der Waals surface area contributed by atoms with E-state index in [1.807, 2.05) is 93.7 Å². The molecule has 0 aliphatic carbocycles. The van der Waals surface area contributed by atoms with Crippen LogP contribution in [0.2, 0.25) is 0 Å². The average molecular weight is 485 g/mol. The highest BCUT2D eigenvalue weighted by molar-refractivity contribution is 7.13. The van der Waals surface area contributed by atoms with E-state index in [2.05, 4.69) is 5.32 Å². The van der Waals surface area contributed by atoms with Crippen molar-refractivity contribution in [3.8, 4) is 10.6 Å². The Morgan fingerprint density at radius 2 is 1.86 bits per heavy atom. The van der Waals surface area contributed by atoms with Crippen LogP contribution < -0.4 is 10.2 Å². The van der Waals surface area contributed by atoms with Crippen molar-refractivity contribution in [1.82, 2.24) is 15.1 Å². The summed E-state index contributed by atoms with van der Waals surface area (Å²) in [5.41, 5.74) is 5.03. The smallest absolute Gasteiger partial charge is 0.277 e. The molecule has 0 radical (unpaired) electrons. The van der Waals surface area contributed by atoms with Crippen LogP contribution in [-0.4, -0.2) is 27.1 Å². The van der Waals surface area contributed by atoms with Crippen molar-refractivity contribution in [2.75, 3.05) is 4.90 Å². The molecule has 6 nitrogen and oxygen atoms in total. The largest absolute Gasteiger partial charge is 0.350 e. The Balaban J connectivity index is 1.56. The van der Waals surface area contributed by atoms with Crippen molar-refractivity contribution >= 4 is 28.8 Å². The fraction of sp³-hybridized carbons (Fsp3) is 0.250. The molecule has 2 aromatic heterocycles. The van der Waals surface area contributed by atoms with E-state index in [0.717, 1.165) is 32.9 Å². The molecular weight excluding hydrogens is 456 g/mol. The maximum Gasteiger partial charge on any atom is 0.277 e. The van der Waals surface area contributed by atoms with Crippen LogP contribution in [0, 0.1) is 20.8 Å². The van der Waals surface area contributed by atoms with Crippen molar-refractivity contribution in [2.45, 2.75) is 46.3 Å². The van der Waals surface area contributed by atoms with Crippen LogP contribution in [0.3, 0.4) is 0 Å². The zero-order valence-electron chi connectivity index (χ0n) is 20.3. The van der Waals surface area contributed by atoms with Gasteiger partial charge in [-0.25, -0.2) is 0 Å². The maximum atomic E-state index is 14.0. The molecule has 5 rings (SSSR count). The van der Waals surface area contributed by atoms with E-state index >= 15 is 0 Å². The molecule has 1 atom stereocenters. The Morgan fingerprint density at radius 1 is 1.09 bits per heavy atom. The van der Waals surface area contributed by atoms with E-state index in [9.17, 15) is 9.59 Å². The SMILES string of the molecule is Cc1ccc(CNC(=O)C2(C)Cn3nc(-c4cccs4)cc3C(=O)N2c2cccc(C)c2C)cc1. The van der Waals surface area contributed by atoms with Crippen LogP contribution in [-0.2, 0) is 17.9 Å². The molecule has 0 bridgehead atoms. The predicted octanol–water partition coefficient (Wildman–Crippen LogP) is 5.27. The Hall–Kier alpha value is -3.71. The van der Waals surface area contributed by atoms with Gasteiger partial charge in [-0.2, -0.15) is 5.10 Å². The lowest BCUT2D eigenvalue weighted by Crippen LogP contribution is -2.64. The summed E-state index contributed by atoms with van der Waals surface area (Å²) in [7, 11) is 0. The number of aryl methyl sites for hydroxylation is 2. The molecule has 4 aromatic rings. The van der Waals surface area contributed by atoms with Crippen molar-refractivity contribution in [1.29, 1.82) is 0 Å². The third-order valence-corrected chi connectivity index (χ3v) is 7.70. The summed E-state index contributed by atoms with van der Waals surface area (Å²) in [6, 6.07) is 19.7. The number of fused-ring (bicyclic) bond motifs is 1. The summed E-state index contributed by atoms with van der Waals surface area (Å²) < 4.78 is 1.68. The van der Waals surface area contributed by atoms with Gasteiger partial charge in [0.2, 0.25) is 5.91 Å². The van der Waals surface area contributed by atoms with Crippen molar-refractivity contribution in [3.63, 3.8) is 0 Å². The second kappa shape index (κ2) is 8.82. The highest BCUT2D eigenvalue weighted by Gasteiger charge is 2.49. The number of anilines is 1. The molecule has 1 unspecified atom stereocenters. The van der Waals surface area contributed by atoms with Gasteiger partial charge < -0.3 is 5.32 Å². The highest BCUT2D eigenvalue weighted by Crippen LogP contribution is 2.37. The molecule has 0 fully saturated rings. The lowest BCUT2D eigenvalue weighted by atomic mass is 9.92. The highest BCUT2D eigenvalue weighted by atomic mass is 32.1. The minimum absolute atomic E-state index is 0.217. The molecule has 1 aliphatic rings. The zero-order valence-corrected chi connectivity index (χ0v) is 21.1. The van der Waals surface area contributed by atoms with Crippen molar-refractivity contribution in [3.05, 3.63) is 94.0 Å². The Bertz CT molecular complexity index is 1410. The Labute approximate surface area is 209 Å². The van der Waals surface area contributed by atoms with Gasteiger partial charge in [0, 0.05) is 12.2 Å². The molecule has 35 heavy (non-hydrogen) atoms. The van der Waals surface area contributed by atoms with Gasteiger partial charge in [0.25, 0.3) is 5.91 Å². The minimum atomic E-state index is -1.16. The van der Waals surface area contributed by atoms with Crippen LogP contribution >= 0.6 is 11.3 Å². The summed E-state index contributed by atoms with van der Waals surface area (Å²) >= 11 is 1.58. The number of aromatic nitrogens is 2. The van der Waals surface area contributed by atoms with Crippen LogP contribution in [0.25, 0.3) is 10.6 Å². The minimum Gasteiger partial charge on any atom is -0.350 e. The standard InChI is InChI=1S/C28H28N4O2S/c1-18-10-12-21(13-11-18)16-29-27(34)28(4)17-31-24(15-22(30-31)25-9-6-14-35-25)26(33)32(28)23-8-5-7-19(2)20(23)3/h5-15H,16-17H2,1-4H3,(H,29,34). The molecule has 7 heteroatoms. The number of thiophene rings is 1. The van der Waals surface area contributed by atoms with Crippen LogP contribution in [0.5, 0.6) is 0 Å². The van der Waals surface area contributed by atoms with Gasteiger partial charge in [0.15, 0.2) is 0 Å². The molecule has 2 amide bonds. The Kier molecular flexibility index (Phi) is 5.81. The van der Waals surface area contributed by atoms with Gasteiger partial charge >= 0.3 is 0 Å². The van der Waals surface area contributed by atoms with Gasteiger partial charge in [-0.3, -0.25) is 19.2 Å². The fourth-order valence-corrected chi connectivity index (χ4v) is 5.24. The van der Waals surface area contributed by atoms with Crippen molar-refractivity contribution in [2.24, 2.45) is 0 Å². The normalized spacial score (nSPS) is 17.4. The number of rotatable bonds is 5. The molecule has 1 N–H and O–H groups in total. The molecule has 0 saturated carbocycles. The first kappa shape index (κ1) is 23.1. The van der Waals surface area contributed by atoms with Gasteiger partial charge in [-0.05, 0) is 68.0 Å². The Morgan fingerprint density at radius 3 is 2.57 bits per heavy atom. The molecular formula is C28H28N4O2S. The van der Waals surface area contributed by atoms with E-state index < -0.39 is 5.54 Å². The monoisotopic (exact) mass is 484 g/mol. The second-order valence-electron chi connectivity index (χ2n) is 9.35. The zero-order chi connectivity index (χ0) is 24.7. The summed E-state index contributed by atoms with van der Waals surface area (Å²) in [6.45, 7) is 8.51. The lowest BCUT2D eigenvalue weighted by Gasteiger charge is -2.43. The van der Waals surface area contributed by atoms with Gasteiger partial charge in [0.1, 0.15) is 16.9 Å². The summed E-state index contributed by atoms with van der Waals surface area (Å²) in [5.74, 6) is -0.445. The summed E-state index contributed by atoms with van der Waals surface area (Å²) in [4.78, 5) is 30.4. The van der Waals surface area contributed by atoms with E-state index in [1.54, 1.807) is 20.9 Å². The number of amides is 2. The molecule has 3 heterocycles. The van der Waals surface area contributed by atoms with E-state index in [-0.39, 0.29) is 18.4 Å². The number of benzene rings is 2. The van der Waals surface area contributed by atoms with Crippen LogP contribution in [0.15, 0.2) is 66.0 Å². The van der Waals surface area contributed by atoms with Crippen molar-refractivity contribution < 1.29 is 9.59 Å². The number of hydrogen-bond acceptors (Lipinski definition) is 4. The number of nitrogens with zero attached hydrogens (tertiary/aromatic N) is 3. The quantitative estimate of drug-likeness (QED) is 0.420. The van der Waals surface area contributed by atoms with Crippen LogP contribution in [0.1, 0.15) is 39.7 Å². The topological polar surface area (TPSA) is 67.2 Å². The molecule has 0 saturated heterocycles. The molecule has 2 aromatic carbocycles. The van der Waals surface area contributed by atoms with Gasteiger partial charge in [-0.1, -0.05) is 48.0 Å². The molecule has 178 valence electrons. The van der Waals surface area contributed by atoms with Gasteiger partial charge in [-0.15, -0.1) is 11.3 Å². The predicted molar refractivity (Wildman–Crippen MR) is 140 cm³/mol. The summed E-state index contributed by atoms with van der Waals surface area (Å²) in [5, 5.41) is 9.78. The fourth-order valence-electron chi connectivity index (χ4n) is 4.56. The average Bonchev–Trinajstić information content (AvgIpc) is 3.51.